The van der Waals surface area contributed by atoms with Gasteiger partial charge in [-0.3, -0.25) is 4.79 Å². The number of nitrogen functional groups attached to an aromatic ring is 1. The molecule has 86 valence electrons. The minimum absolute atomic E-state index is 0.197. The van der Waals surface area contributed by atoms with E-state index in [1.54, 1.807) is 0 Å². The molecule has 16 heavy (non-hydrogen) atoms. The van der Waals surface area contributed by atoms with Gasteiger partial charge in [-0.25, -0.2) is 9.97 Å². The molecule has 1 fully saturated rings. The summed E-state index contributed by atoms with van der Waals surface area (Å²) in [6.07, 6.45) is 5.73. The number of hydrogen-bond donors (Lipinski definition) is 2. The molecule has 1 aliphatic carbocycles. The van der Waals surface area contributed by atoms with Crippen LogP contribution in [0.15, 0.2) is 6.20 Å². The van der Waals surface area contributed by atoms with E-state index in [0.717, 1.165) is 19.3 Å². The van der Waals surface area contributed by atoms with E-state index in [9.17, 15) is 4.79 Å². The summed E-state index contributed by atoms with van der Waals surface area (Å²) in [6, 6.07) is 0. The molecular formula is C11H16N4O. The minimum Gasteiger partial charge on any atom is -0.368 e. The zero-order chi connectivity index (χ0) is 11.8. The fourth-order valence-corrected chi connectivity index (χ4v) is 2.13. The Morgan fingerprint density at radius 3 is 2.75 bits per heavy atom. The van der Waals surface area contributed by atoms with Crippen molar-refractivity contribution in [3.8, 4) is 0 Å². The SMILES string of the molecule is CC1(Cc2nc(N)ncc2C(N)=O)CCC1. The van der Waals surface area contributed by atoms with Gasteiger partial charge < -0.3 is 11.5 Å². The molecule has 0 saturated heterocycles. The standard InChI is InChI=1S/C11H16N4O/c1-11(3-2-4-11)5-8-7(9(12)16)6-14-10(13)15-8/h6H,2-5H2,1H3,(H2,12,16)(H2,13,14,15). The fourth-order valence-electron chi connectivity index (χ4n) is 2.13. The lowest BCUT2D eigenvalue weighted by molar-refractivity contribution is 0.0996. The average molecular weight is 220 g/mol. The molecule has 1 heterocycles. The Labute approximate surface area is 94.3 Å². The van der Waals surface area contributed by atoms with Crippen LogP contribution in [-0.2, 0) is 6.42 Å². The fraction of sp³-hybridized carbons (Fsp3) is 0.545. The van der Waals surface area contributed by atoms with Crippen LogP contribution in [0.25, 0.3) is 0 Å². The lowest BCUT2D eigenvalue weighted by Gasteiger charge is -2.38. The van der Waals surface area contributed by atoms with Crippen molar-refractivity contribution in [1.82, 2.24) is 9.97 Å². The molecule has 0 aliphatic heterocycles. The van der Waals surface area contributed by atoms with Gasteiger partial charge in [-0.15, -0.1) is 0 Å². The van der Waals surface area contributed by atoms with Crippen molar-refractivity contribution >= 4 is 11.9 Å². The molecule has 5 heteroatoms. The highest BCUT2D eigenvalue weighted by Gasteiger charge is 2.33. The van der Waals surface area contributed by atoms with Crippen LogP contribution in [0, 0.1) is 5.41 Å². The molecule has 1 aliphatic rings. The summed E-state index contributed by atoms with van der Waals surface area (Å²) >= 11 is 0. The number of aromatic nitrogens is 2. The lowest BCUT2D eigenvalue weighted by atomic mass is 9.67. The summed E-state index contributed by atoms with van der Waals surface area (Å²) in [5, 5.41) is 0. The third kappa shape index (κ3) is 1.98. The van der Waals surface area contributed by atoms with E-state index >= 15 is 0 Å². The van der Waals surface area contributed by atoms with E-state index in [4.69, 9.17) is 11.5 Å². The Balaban J connectivity index is 2.30. The first-order valence-corrected chi connectivity index (χ1v) is 5.41. The number of amides is 1. The number of nitrogens with zero attached hydrogens (tertiary/aromatic N) is 2. The van der Waals surface area contributed by atoms with E-state index < -0.39 is 5.91 Å². The first-order chi connectivity index (χ1) is 7.50. The van der Waals surface area contributed by atoms with E-state index in [2.05, 4.69) is 16.9 Å². The normalized spacial score (nSPS) is 17.8. The number of carbonyl (C=O) groups excluding carboxylic acids is 1. The van der Waals surface area contributed by atoms with Gasteiger partial charge in [-0.2, -0.15) is 0 Å². The third-order valence-electron chi connectivity index (χ3n) is 3.31. The smallest absolute Gasteiger partial charge is 0.252 e. The number of primary amides is 1. The van der Waals surface area contributed by atoms with Crippen LogP contribution >= 0.6 is 0 Å². The predicted octanol–water partition coefficient (Wildman–Crippen LogP) is 0.890. The Kier molecular flexibility index (Phi) is 2.53. The number of anilines is 1. The van der Waals surface area contributed by atoms with Crippen molar-refractivity contribution < 1.29 is 4.79 Å². The van der Waals surface area contributed by atoms with Gasteiger partial charge >= 0.3 is 0 Å². The number of carbonyl (C=O) groups is 1. The summed E-state index contributed by atoms with van der Waals surface area (Å²) in [5.41, 5.74) is 12.1. The summed E-state index contributed by atoms with van der Waals surface area (Å²) in [4.78, 5) is 19.2. The average Bonchev–Trinajstić information content (AvgIpc) is 2.15. The highest BCUT2D eigenvalue weighted by Crippen LogP contribution is 2.43. The van der Waals surface area contributed by atoms with Crippen LogP contribution in [0.1, 0.15) is 42.2 Å². The maximum Gasteiger partial charge on any atom is 0.252 e. The monoisotopic (exact) mass is 220 g/mol. The van der Waals surface area contributed by atoms with E-state index in [0.29, 0.717) is 11.3 Å². The lowest BCUT2D eigenvalue weighted by Crippen LogP contribution is -2.30. The van der Waals surface area contributed by atoms with Gasteiger partial charge in [-0.05, 0) is 24.7 Å². The molecule has 0 bridgehead atoms. The van der Waals surface area contributed by atoms with Gasteiger partial charge in [0.15, 0.2) is 0 Å². The number of rotatable bonds is 3. The molecular weight excluding hydrogens is 204 g/mol. The number of hydrogen-bond acceptors (Lipinski definition) is 4. The molecule has 1 amide bonds. The molecule has 1 saturated carbocycles. The maximum absolute atomic E-state index is 11.2. The van der Waals surface area contributed by atoms with E-state index in [-0.39, 0.29) is 11.4 Å². The topological polar surface area (TPSA) is 94.9 Å². The van der Waals surface area contributed by atoms with Crippen LogP contribution in [0.5, 0.6) is 0 Å². The highest BCUT2D eigenvalue weighted by atomic mass is 16.1. The molecule has 1 aromatic rings. The first kappa shape index (κ1) is 10.9. The molecule has 5 nitrogen and oxygen atoms in total. The third-order valence-corrected chi connectivity index (χ3v) is 3.31. The minimum atomic E-state index is -0.488. The van der Waals surface area contributed by atoms with Crippen molar-refractivity contribution in [2.45, 2.75) is 32.6 Å². The van der Waals surface area contributed by atoms with Crippen molar-refractivity contribution in [3.63, 3.8) is 0 Å². The molecule has 1 aromatic heterocycles. The van der Waals surface area contributed by atoms with Crippen LogP contribution < -0.4 is 11.5 Å². The van der Waals surface area contributed by atoms with E-state index in [1.807, 2.05) is 0 Å². The zero-order valence-corrected chi connectivity index (χ0v) is 9.36. The second-order valence-corrected chi connectivity index (χ2v) is 4.79. The van der Waals surface area contributed by atoms with Crippen molar-refractivity contribution in [1.29, 1.82) is 0 Å². The second-order valence-electron chi connectivity index (χ2n) is 4.79. The van der Waals surface area contributed by atoms with E-state index in [1.165, 1.54) is 12.6 Å². The highest BCUT2D eigenvalue weighted by molar-refractivity contribution is 5.93. The van der Waals surface area contributed by atoms with Gasteiger partial charge in [0.25, 0.3) is 5.91 Å². The van der Waals surface area contributed by atoms with Crippen molar-refractivity contribution in [2.24, 2.45) is 11.1 Å². The molecule has 0 aromatic carbocycles. The van der Waals surface area contributed by atoms with Crippen LogP contribution in [0.3, 0.4) is 0 Å². The van der Waals surface area contributed by atoms with Gasteiger partial charge in [0.1, 0.15) is 0 Å². The number of nitrogens with two attached hydrogens (primary N) is 2. The largest absolute Gasteiger partial charge is 0.368 e. The summed E-state index contributed by atoms with van der Waals surface area (Å²) in [5.74, 6) is -0.291. The van der Waals surface area contributed by atoms with Crippen LogP contribution in [0.2, 0.25) is 0 Å². The Hall–Kier alpha value is -1.65. The maximum atomic E-state index is 11.2. The first-order valence-electron chi connectivity index (χ1n) is 5.41. The van der Waals surface area contributed by atoms with Crippen LogP contribution in [0.4, 0.5) is 5.95 Å². The Morgan fingerprint density at radius 2 is 2.25 bits per heavy atom. The Bertz CT molecular complexity index is 426. The summed E-state index contributed by atoms with van der Waals surface area (Å²) in [7, 11) is 0. The van der Waals surface area contributed by atoms with Gasteiger partial charge in [0.05, 0.1) is 11.3 Å². The quantitative estimate of drug-likeness (QED) is 0.790. The van der Waals surface area contributed by atoms with Gasteiger partial charge in [0.2, 0.25) is 5.95 Å². The molecule has 4 N–H and O–H groups in total. The molecule has 0 spiro atoms. The predicted molar refractivity (Wildman–Crippen MR) is 60.6 cm³/mol. The molecule has 0 radical (unpaired) electrons. The van der Waals surface area contributed by atoms with Gasteiger partial charge in [0, 0.05) is 6.20 Å². The zero-order valence-electron chi connectivity index (χ0n) is 9.36. The van der Waals surface area contributed by atoms with Crippen LogP contribution in [-0.4, -0.2) is 15.9 Å². The van der Waals surface area contributed by atoms with Gasteiger partial charge in [-0.1, -0.05) is 13.3 Å². The molecule has 0 unspecified atom stereocenters. The molecule has 2 rings (SSSR count). The van der Waals surface area contributed by atoms with Crippen molar-refractivity contribution in [2.75, 3.05) is 5.73 Å². The van der Waals surface area contributed by atoms with Crippen molar-refractivity contribution in [3.05, 3.63) is 17.5 Å². The summed E-state index contributed by atoms with van der Waals surface area (Å²) in [6.45, 7) is 2.19. The second kappa shape index (κ2) is 3.73. The Morgan fingerprint density at radius 1 is 1.56 bits per heavy atom. The molecule has 0 atom stereocenters. The summed E-state index contributed by atoms with van der Waals surface area (Å²) < 4.78 is 0.